The standard InChI is InChI=1S/C15H23ClN2/c1-4-15(5-2)11-18(9-8-17-15)14-7-6-12(3)10-13(14)16/h6-7,10,17H,4-5,8-9,11H2,1-3H3. The van der Waals surface area contributed by atoms with Crippen molar-refractivity contribution in [2.24, 2.45) is 0 Å². The van der Waals surface area contributed by atoms with E-state index in [0.717, 1.165) is 37.5 Å². The second-order valence-corrected chi connectivity index (χ2v) is 5.70. The third-order valence-corrected chi connectivity index (χ3v) is 4.48. The molecule has 1 aromatic rings. The summed E-state index contributed by atoms with van der Waals surface area (Å²) in [5.41, 5.74) is 2.64. The first-order chi connectivity index (χ1) is 8.60. The Kier molecular flexibility index (Phi) is 4.18. The fourth-order valence-corrected chi connectivity index (χ4v) is 3.11. The lowest BCUT2D eigenvalue weighted by Gasteiger charge is -2.44. The number of piperazine rings is 1. The van der Waals surface area contributed by atoms with Crippen LogP contribution in [0.1, 0.15) is 32.3 Å². The maximum Gasteiger partial charge on any atom is 0.0642 e. The van der Waals surface area contributed by atoms with Gasteiger partial charge in [0.25, 0.3) is 0 Å². The zero-order valence-electron chi connectivity index (χ0n) is 11.6. The minimum atomic E-state index is 0.243. The molecule has 100 valence electrons. The van der Waals surface area contributed by atoms with Crippen LogP contribution in [0.15, 0.2) is 18.2 Å². The molecule has 0 aliphatic carbocycles. The van der Waals surface area contributed by atoms with Crippen molar-refractivity contribution in [2.45, 2.75) is 39.2 Å². The maximum absolute atomic E-state index is 6.38. The lowest BCUT2D eigenvalue weighted by molar-refractivity contribution is 0.277. The molecule has 1 aliphatic rings. The minimum Gasteiger partial charge on any atom is -0.367 e. The van der Waals surface area contributed by atoms with E-state index in [0.29, 0.717) is 0 Å². The van der Waals surface area contributed by atoms with Crippen LogP contribution in [0.3, 0.4) is 0 Å². The first kappa shape index (κ1) is 13.7. The molecular formula is C15H23ClN2. The van der Waals surface area contributed by atoms with E-state index < -0.39 is 0 Å². The summed E-state index contributed by atoms with van der Waals surface area (Å²) in [7, 11) is 0. The average molecular weight is 267 g/mol. The third-order valence-electron chi connectivity index (χ3n) is 4.17. The minimum absolute atomic E-state index is 0.243. The monoisotopic (exact) mass is 266 g/mol. The number of aryl methyl sites for hydroxylation is 1. The number of anilines is 1. The van der Waals surface area contributed by atoms with Gasteiger partial charge in [-0.3, -0.25) is 0 Å². The molecule has 18 heavy (non-hydrogen) atoms. The van der Waals surface area contributed by atoms with Gasteiger partial charge in [0.15, 0.2) is 0 Å². The van der Waals surface area contributed by atoms with Crippen LogP contribution in [0.25, 0.3) is 0 Å². The lowest BCUT2D eigenvalue weighted by Crippen LogP contribution is -2.60. The topological polar surface area (TPSA) is 15.3 Å². The molecule has 0 spiro atoms. The van der Waals surface area contributed by atoms with E-state index in [4.69, 9.17) is 11.6 Å². The number of nitrogens with zero attached hydrogens (tertiary/aromatic N) is 1. The van der Waals surface area contributed by atoms with Crippen molar-refractivity contribution in [3.8, 4) is 0 Å². The molecule has 1 saturated heterocycles. The van der Waals surface area contributed by atoms with E-state index in [2.05, 4.69) is 49.2 Å². The van der Waals surface area contributed by atoms with Crippen molar-refractivity contribution in [2.75, 3.05) is 24.5 Å². The smallest absolute Gasteiger partial charge is 0.0642 e. The Bertz CT molecular complexity index is 413. The highest BCUT2D eigenvalue weighted by atomic mass is 35.5. The first-order valence-corrected chi connectivity index (χ1v) is 7.24. The van der Waals surface area contributed by atoms with E-state index in [1.165, 1.54) is 11.3 Å². The van der Waals surface area contributed by atoms with Gasteiger partial charge in [-0.25, -0.2) is 0 Å². The molecule has 0 atom stereocenters. The number of halogens is 1. The summed E-state index contributed by atoms with van der Waals surface area (Å²) in [6, 6.07) is 6.35. The highest BCUT2D eigenvalue weighted by Crippen LogP contribution is 2.30. The van der Waals surface area contributed by atoms with Crippen molar-refractivity contribution in [1.82, 2.24) is 5.32 Å². The van der Waals surface area contributed by atoms with Crippen molar-refractivity contribution in [1.29, 1.82) is 0 Å². The summed E-state index contributed by atoms with van der Waals surface area (Å²) in [6.07, 6.45) is 2.31. The third kappa shape index (κ3) is 2.65. The Labute approximate surface area is 115 Å². The molecule has 0 radical (unpaired) electrons. The fraction of sp³-hybridized carbons (Fsp3) is 0.600. The van der Waals surface area contributed by atoms with Crippen LogP contribution in [0, 0.1) is 6.92 Å². The molecule has 1 fully saturated rings. The van der Waals surface area contributed by atoms with Crippen molar-refractivity contribution in [3.05, 3.63) is 28.8 Å². The second-order valence-electron chi connectivity index (χ2n) is 5.29. The van der Waals surface area contributed by atoms with Gasteiger partial charge in [0.1, 0.15) is 0 Å². The van der Waals surface area contributed by atoms with E-state index in [1.54, 1.807) is 0 Å². The van der Waals surface area contributed by atoms with Crippen molar-refractivity contribution in [3.63, 3.8) is 0 Å². The van der Waals surface area contributed by atoms with Crippen LogP contribution < -0.4 is 10.2 Å². The summed E-state index contributed by atoms with van der Waals surface area (Å²) in [6.45, 7) is 9.71. The number of nitrogens with one attached hydrogen (secondary N) is 1. The van der Waals surface area contributed by atoms with Gasteiger partial charge in [-0.05, 0) is 37.5 Å². The molecule has 0 amide bonds. The van der Waals surface area contributed by atoms with E-state index >= 15 is 0 Å². The molecule has 3 heteroatoms. The molecule has 0 aromatic heterocycles. The Balaban J connectivity index is 2.23. The maximum atomic E-state index is 6.38. The van der Waals surface area contributed by atoms with E-state index in [1.807, 2.05) is 0 Å². The Morgan fingerprint density at radius 3 is 2.67 bits per heavy atom. The van der Waals surface area contributed by atoms with Gasteiger partial charge in [-0.15, -0.1) is 0 Å². The highest BCUT2D eigenvalue weighted by Gasteiger charge is 2.32. The Morgan fingerprint density at radius 2 is 2.06 bits per heavy atom. The number of hydrogen-bond donors (Lipinski definition) is 1. The molecule has 2 rings (SSSR count). The van der Waals surface area contributed by atoms with Crippen LogP contribution in [-0.4, -0.2) is 25.2 Å². The molecule has 1 heterocycles. The van der Waals surface area contributed by atoms with E-state index in [-0.39, 0.29) is 5.54 Å². The number of benzene rings is 1. The number of rotatable bonds is 3. The zero-order chi connectivity index (χ0) is 13.2. The molecule has 1 aliphatic heterocycles. The molecule has 0 unspecified atom stereocenters. The van der Waals surface area contributed by atoms with Crippen LogP contribution in [0.4, 0.5) is 5.69 Å². The molecule has 0 saturated carbocycles. The van der Waals surface area contributed by atoms with Crippen molar-refractivity contribution < 1.29 is 0 Å². The largest absolute Gasteiger partial charge is 0.367 e. The number of hydrogen-bond acceptors (Lipinski definition) is 2. The quantitative estimate of drug-likeness (QED) is 0.899. The molecular weight excluding hydrogens is 244 g/mol. The fourth-order valence-electron chi connectivity index (χ4n) is 2.75. The first-order valence-electron chi connectivity index (χ1n) is 6.86. The van der Waals surface area contributed by atoms with Crippen LogP contribution >= 0.6 is 11.6 Å². The summed E-state index contributed by atoms with van der Waals surface area (Å²) in [5.74, 6) is 0. The van der Waals surface area contributed by atoms with Crippen molar-refractivity contribution >= 4 is 17.3 Å². The summed E-state index contributed by atoms with van der Waals surface area (Å²) in [5, 5.41) is 4.55. The predicted octanol–water partition coefficient (Wildman–Crippen LogP) is 3.62. The van der Waals surface area contributed by atoms with Gasteiger partial charge < -0.3 is 10.2 Å². The lowest BCUT2D eigenvalue weighted by atomic mass is 9.90. The zero-order valence-corrected chi connectivity index (χ0v) is 12.3. The van der Waals surface area contributed by atoms with E-state index in [9.17, 15) is 0 Å². The van der Waals surface area contributed by atoms with Gasteiger partial charge in [-0.1, -0.05) is 31.5 Å². The van der Waals surface area contributed by atoms with Crippen LogP contribution in [0.2, 0.25) is 5.02 Å². The predicted molar refractivity (Wildman–Crippen MR) is 79.7 cm³/mol. The average Bonchev–Trinajstić information content (AvgIpc) is 2.38. The Hall–Kier alpha value is -0.730. The Morgan fingerprint density at radius 1 is 1.33 bits per heavy atom. The molecule has 0 bridgehead atoms. The van der Waals surface area contributed by atoms with Gasteiger partial charge in [0, 0.05) is 25.2 Å². The van der Waals surface area contributed by atoms with Gasteiger partial charge in [0.2, 0.25) is 0 Å². The van der Waals surface area contributed by atoms with Gasteiger partial charge in [0.05, 0.1) is 10.7 Å². The van der Waals surface area contributed by atoms with Gasteiger partial charge >= 0.3 is 0 Å². The highest BCUT2D eigenvalue weighted by molar-refractivity contribution is 6.33. The normalized spacial score (nSPS) is 19.0. The summed E-state index contributed by atoms with van der Waals surface area (Å²) in [4.78, 5) is 2.42. The summed E-state index contributed by atoms with van der Waals surface area (Å²) >= 11 is 6.38. The van der Waals surface area contributed by atoms with Gasteiger partial charge in [-0.2, -0.15) is 0 Å². The SMILES string of the molecule is CCC1(CC)CN(c2ccc(C)cc2Cl)CCN1. The molecule has 1 aromatic carbocycles. The van der Waals surface area contributed by atoms with Crippen LogP contribution in [0.5, 0.6) is 0 Å². The summed E-state index contributed by atoms with van der Waals surface area (Å²) < 4.78 is 0. The molecule has 1 N–H and O–H groups in total. The van der Waals surface area contributed by atoms with Crippen LogP contribution in [-0.2, 0) is 0 Å². The molecule has 2 nitrogen and oxygen atoms in total. The second kappa shape index (κ2) is 5.50.